The van der Waals surface area contributed by atoms with Gasteiger partial charge in [-0.1, -0.05) is 6.92 Å². The van der Waals surface area contributed by atoms with E-state index in [4.69, 9.17) is 0 Å². The van der Waals surface area contributed by atoms with E-state index in [1.54, 1.807) is 6.33 Å². The van der Waals surface area contributed by atoms with Gasteiger partial charge in [0.25, 0.3) is 0 Å². The van der Waals surface area contributed by atoms with Crippen molar-refractivity contribution in [2.75, 3.05) is 6.54 Å². The molecule has 2 aromatic rings. The first-order chi connectivity index (χ1) is 8.90. The number of nitrogens with zero attached hydrogens (tertiary/aromatic N) is 3. The maximum absolute atomic E-state index is 4.08. The van der Waals surface area contributed by atoms with Gasteiger partial charge in [0.05, 0.1) is 0 Å². The van der Waals surface area contributed by atoms with E-state index in [0.717, 1.165) is 24.9 Å². The zero-order valence-corrected chi connectivity index (χ0v) is 10.6. The van der Waals surface area contributed by atoms with Gasteiger partial charge in [-0.25, -0.2) is 9.97 Å². The lowest BCUT2D eigenvalue weighted by Gasteiger charge is -2.17. The summed E-state index contributed by atoms with van der Waals surface area (Å²) in [6.45, 7) is 3.05. The summed E-state index contributed by atoms with van der Waals surface area (Å²) < 4.78 is 0. The summed E-state index contributed by atoms with van der Waals surface area (Å²) in [5.74, 6) is 0. The summed E-state index contributed by atoms with van der Waals surface area (Å²) in [4.78, 5) is 12.2. The lowest BCUT2D eigenvalue weighted by Crippen LogP contribution is -2.21. The van der Waals surface area contributed by atoms with Crippen molar-refractivity contribution in [3.63, 3.8) is 0 Å². The average Bonchev–Trinajstić information content (AvgIpc) is 2.45. The molecule has 0 spiro atoms. The van der Waals surface area contributed by atoms with Crippen LogP contribution >= 0.6 is 0 Å². The van der Waals surface area contributed by atoms with E-state index >= 15 is 0 Å². The van der Waals surface area contributed by atoms with E-state index in [2.05, 4.69) is 39.3 Å². The van der Waals surface area contributed by atoms with Crippen molar-refractivity contribution in [2.45, 2.75) is 25.8 Å². The second kappa shape index (κ2) is 6.81. The van der Waals surface area contributed by atoms with Gasteiger partial charge in [-0.15, -0.1) is 0 Å². The van der Waals surface area contributed by atoms with Gasteiger partial charge in [0.15, 0.2) is 0 Å². The molecule has 0 aliphatic carbocycles. The minimum Gasteiger partial charge on any atom is -0.310 e. The van der Waals surface area contributed by atoms with Crippen molar-refractivity contribution in [3.05, 3.63) is 54.4 Å². The van der Waals surface area contributed by atoms with E-state index in [1.165, 1.54) is 5.56 Å². The molecule has 18 heavy (non-hydrogen) atoms. The molecule has 2 rings (SSSR count). The molecule has 0 saturated carbocycles. The summed E-state index contributed by atoms with van der Waals surface area (Å²) in [6.07, 6.45) is 11.1. The summed E-state index contributed by atoms with van der Waals surface area (Å²) in [6, 6.07) is 4.43. The zero-order valence-electron chi connectivity index (χ0n) is 10.6. The molecule has 0 bridgehead atoms. The molecular weight excluding hydrogens is 224 g/mol. The third-order valence-corrected chi connectivity index (χ3v) is 2.90. The SMILES string of the molecule is CCNC(CCc1ccncc1)c1cncnc1. The Morgan fingerprint density at radius 1 is 1.11 bits per heavy atom. The summed E-state index contributed by atoms with van der Waals surface area (Å²) >= 11 is 0. The first-order valence-electron chi connectivity index (χ1n) is 6.27. The first-order valence-corrected chi connectivity index (χ1v) is 6.27. The van der Waals surface area contributed by atoms with Crippen LogP contribution in [0, 0.1) is 0 Å². The van der Waals surface area contributed by atoms with E-state index in [1.807, 2.05) is 24.8 Å². The fraction of sp³-hybridized carbons (Fsp3) is 0.357. The van der Waals surface area contributed by atoms with Gasteiger partial charge in [-0.2, -0.15) is 0 Å². The Morgan fingerprint density at radius 2 is 1.83 bits per heavy atom. The monoisotopic (exact) mass is 242 g/mol. The van der Waals surface area contributed by atoms with Gasteiger partial charge in [-0.05, 0) is 37.1 Å². The number of nitrogens with one attached hydrogen (secondary N) is 1. The van der Waals surface area contributed by atoms with Gasteiger partial charge in [0.1, 0.15) is 6.33 Å². The highest BCUT2D eigenvalue weighted by Crippen LogP contribution is 2.17. The van der Waals surface area contributed by atoms with Crippen LogP contribution in [0.2, 0.25) is 0 Å². The van der Waals surface area contributed by atoms with Gasteiger partial charge in [-0.3, -0.25) is 4.98 Å². The molecule has 0 amide bonds. The van der Waals surface area contributed by atoms with Crippen LogP contribution in [-0.4, -0.2) is 21.5 Å². The van der Waals surface area contributed by atoms with Crippen molar-refractivity contribution in [1.82, 2.24) is 20.3 Å². The summed E-state index contributed by atoms with van der Waals surface area (Å²) in [5.41, 5.74) is 2.46. The molecule has 0 radical (unpaired) electrons. The quantitative estimate of drug-likeness (QED) is 0.843. The molecule has 1 atom stereocenters. The molecule has 1 N–H and O–H groups in total. The Kier molecular flexibility index (Phi) is 4.78. The molecule has 0 saturated heterocycles. The number of rotatable bonds is 6. The highest BCUT2D eigenvalue weighted by atomic mass is 14.9. The van der Waals surface area contributed by atoms with E-state index in [-0.39, 0.29) is 0 Å². The Balaban J connectivity index is 1.99. The number of aryl methyl sites for hydroxylation is 1. The second-order valence-electron chi connectivity index (χ2n) is 4.18. The van der Waals surface area contributed by atoms with Crippen molar-refractivity contribution in [3.8, 4) is 0 Å². The largest absolute Gasteiger partial charge is 0.310 e. The Morgan fingerprint density at radius 3 is 2.50 bits per heavy atom. The highest BCUT2D eigenvalue weighted by Gasteiger charge is 2.10. The third kappa shape index (κ3) is 3.60. The number of hydrogen-bond donors (Lipinski definition) is 1. The molecule has 2 heterocycles. The van der Waals surface area contributed by atoms with Crippen LogP contribution in [0.4, 0.5) is 0 Å². The van der Waals surface area contributed by atoms with Gasteiger partial charge < -0.3 is 5.32 Å². The van der Waals surface area contributed by atoms with Crippen molar-refractivity contribution in [2.24, 2.45) is 0 Å². The van der Waals surface area contributed by atoms with Gasteiger partial charge in [0, 0.05) is 36.4 Å². The normalized spacial score (nSPS) is 12.3. The minimum atomic E-state index is 0.310. The molecule has 0 aliphatic heterocycles. The molecule has 94 valence electrons. The topological polar surface area (TPSA) is 50.7 Å². The lowest BCUT2D eigenvalue weighted by molar-refractivity contribution is 0.512. The Labute approximate surface area is 108 Å². The second-order valence-corrected chi connectivity index (χ2v) is 4.18. The van der Waals surface area contributed by atoms with Crippen LogP contribution in [0.5, 0.6) is 0 Å². The fourth-order valence-corrected chi connectivity index (χ4v) is 1.98. The lowest BCUT2D eigenvalue weighted by atomic mass is 10.0. The Bertz CT molecular complexity index is 444. The molecule has 0 aromatic carbocycles. The van der Waals surface area contributed by atoms with Crippen LogP contribution in [0.15, 0.2) is 43.2 Å². The summed E-state index contributed by atoms with van der Waals surface area (Å²) in [5, 5.41) is 3.47. The smallest absolute Gasteiger partial charge is 0.115 e. The molecule has 1 unspecified atom stereocenters. The van der Waals surface area contributed by atoms with Crippen LogP contribution in [0.1, 0.15) is 30.5 Å². The average molecular weight is 242 g/mol. The Hall–Kier alpha value is -1.81. The number of aromatic nitrogens is 3. The predicted molar refractivity (Wildman–Crippen MR) is 71.0 cm³/mol. The van der Waals surface area contributed by atoms with Crippen LogP contribution < -0.4 is 5.32 Å². The van der Waals surface area contributed by atoms with E-state index in [0.29, 0.717) is 6.04 Å². The molecule has 4 nitrogen and oxygen atoms in total. The zero-order chi connectivity index (χ0) is 12.6. The maximum Gasteiger partial charge on any atom is 0.115 e. The molecule has 2 aromatic heterocycles. The first kappa shape index (κ1) is 12.6. The van der Waals surface area contributed by atoms with Crippen molar-refractivity contribution in [1.29, 1.82) is 0 Å². The minimum absolute atomic E-state index is 0.310. The van der Waals surface area contributed by atoms with E-state index in [9.17, 15) is 0 Å². The molecule has 0 fully saturated rings. The maximum atomic E-state index is 4.08. The number of pyridine rings is 1. The van der Waals surface area contributed by atoms with Crippen LogP contribution in [-0.2, 0) is 6.42 Å². The van der Waals surface area contributed by atoms with Crippen LogP contribution in [0.25, 0.3) is 0 Å². The van der Waals surface area contributed by atoms with Crippen molar-refractivity contribution < 1.29 is 0 Å². The fourth-order valence-electron chi connectivity index (χ4n) is 1.98. The van der Waals surface area contributed by atoms with Gasteiger partial charge in [0.2, 0.25) is 0 Å². The third-order valence-electron chi connectivity index (χ3n) is 2.90. The summed E-state index contributed by atoms with van der Waals surface area (Å²) in [7, 11) is 0. The number of hydrogen-bond acceptors (Lipinski definition) is 4. The van der Waals surface area contributed by atoms with Crippen molar-refractivity contribution >= 4 is 0 Å². The predicted octanol–water partition coefficient (Wildman–Crippen LogP) is 2.16. The molecule has 4 heteroatoms. The standard InChI is InChI=1S/C14H18N4/c1-2-18-14(13-9-16-11-17-10-13)4-3-12-5-7-15-8-6-12/h5-11,14,18H,2-4H2,1H3. The molecule has 0 aliphatic rings. The highest BCUT2D eigenvalue weighted by molar-refractivity contribution is 5.13. The van der Waals surface area contributed by atoms with Crippen LogP contribution in [0.3, 0.4) is 0 Å². The van der Waals surface area contributed by atoms with Gasteiger partial charge >= 0.3 is 0 Å². The molecular formula is C14H18N4. The van der Waals surface area contributed by atoms with E-state index < -0.39 is 0 Å².